The molecule has 1 unspecified atom stereocenters. The summed E-state index contributed by atoms with van der Waals surface area (Å²) in [7, 11) is 1.30. The lowest BCUT2D eigenvalue weighted by Crippen LogP contribution is -2.20. The van der Waals surface area contributed by atoms with E-state index in [1.54, 1.807) is 19.1 Å². The molecule has 39 heavy (non-hydrogen) atoms. The lowest BCUT2D eigenvalue weighted by atomic mass is 9.89. The second-order valence-electron chi connectivity index (χ2n) is 8.84. The summed E-state index contributed by atoms with van der Waals surface area (Å²) in [6, 6.07) is 18.8. The summed E-state index contributed by atoms with van der Waals surface area (Å²) in [6.07, 6.45) is -4.54. The van der Waals surface area contributed by atoms with Crippen molar-refractivity contribution >= 4 is 11.9 Å². The Labute approximate surface area is 226 Å². The Bertz CT molecular complexity index is 1260. The average Bonchev–Trinajstić information content (AvgIpc) is 2.93. The van der Waals surface area contributed by atoms with Crippen molar-refractivity contribution in [1.82, 2.24) is 5.32 Å². The van der Waals surface area contributed by atoms with Crippen molar-refractivity contribution in [2.75, 3.05) is 20.3 Å². The van der Waals surface area contributed by atoms with Crippen LogP contribution in [0.15, 0.2) is 66.7 Å². The fraction of sp³-hybridized carbons (Fsp3) is 0.333. The van der Waals surface area contributed by atoms with E-state index in [0.717, 1.165) is 17.2 Å². The molecule has 9 heteroatoms. The highest BCUT2D eigenvalue weighted by molar-refractivity contribution is 5.81. The lowest BCUT2D eigenvalue weighted by molar-refractivity contribution is -0.146. The molecule has 0 fully saturated rings. The zero-order chi connectivity index (χ0) is 28.4. The van der Waals surface area contributed by atoms with Gasteiger partial charge in [-0.25, -0.2) is 0 Å². The van der Waals surface area contributed by atoms with Gasteiger partial charge in [-0.3, -0.25) is 9.59 Å². The summed E-state index contributed by atoms with van der Waals surface area (Å²) in [5.74, 6) is -2.20. The van der Waals surface area contributed by atoms with E-state index < -0.39 is 23.6 Å². The second-order valence-corrected chi connectivity index (χ2v) is 8.84. The summed E-state index contributed by atoms with van der Waals surface area (Å²) in [6.45, 7) is 3.93. The molecule has 0 amide bonds. The first-order valence-corrected chi connectivity index (χ1v) is 12.6. The van der Waals surface area contributed by atoms with Crippen molar-refractivity contribution in [3.63, 3.8) is 0 Å². The molecule has 0 heterocycles. The van der Waals surface area contributed by atoms with Gasteiger partial charge in [-0.15, -0.1) is 0 Å². The third kappa shape index (κ3) is 8.07. The number of ether oxygens (including phenoxy) is 3. The van der Waals surface area contributed by atoms with E-state index in [-0.39, 0.29) is 36.9 Å². The van der Waals surface area contributed by atoms with E-state index in [9.17, 15) is 22.8 Å². The Kier molecular flexibility index (Phi) is 10.5. The summed E-state index contributed by atoms with van der Waals surface area (Å²) < 4.78 is 57.5. The van der Waals surface area contributed by atoms with Gasteiger partial charge in [0.15, 0.2) is 0 Å². The number of halogens is 3. The topological polar surface area (TPSA) is 73.9 Å². The molecule has 3 aromatic carbocycles. The minimum atomic E-state index is -4.70. The number of esters is 2. The molecule has 1 atom stereocenters. The summed E-state index contributed by atoms with van der Waals surface area (Å²) >= 11 is 0. The van der Waals surface area contributed by atoms with Crippen LogP contribution in [-0.2, 0) is 38.4 Å². The number of carbonyl (C=O) groups excluding carboxylic acids is 2. The molecule has 0 saturated heterocycles. The van der Waals surface area contributed by atoms with Crippen molar-refractivity contribution in [1.29, 1.82) is 0 Å². The molecule has 0 radical (unpaired) electrons. The number of alkyl halides is 3. The maximum atomic E-state index is 14.0. The Morgan fingerprint density at radius 2 is 1.64 bits per heavy atom. The van der Waals surface area contributed by atoms with Crippen LogP contribution in [-0.4, -0.2) is 32.2 Å². The number of benzene rings is 3. The molecule has 0 aliphatic carbocycles. The van der Waals surface area contributed by atoms with Gasteiger partial charge in [0.25, 0.3) is 0 Å². The van der Waals surface area contributed by atoms with E-state index >= 15 is 0 Å². The number of nitrogens with one attached hydrogen (secondary N) is 1. The van der Waals surface area contributed by atoms with Gasteiger partial charge in [-0.1, -0.05) is 54.6 Å². The van der Waals surface area contributed by atoms with Crippen molar-refractivity contribution in [3.05, 3.63) is 89.0 Å². The fourth-order valence-electron chi connectivity index (χ4n) is 4.13. The Morgan fingerprint density at radius 3 is 2.31 bits per heavy atom. The minimum absolute atomic E-state index is 0.0269. The van der Waals surface area contributed by atoms with Crippen LogP contribution in [0, 0.1) is 0 Å². The van der Waals surface area contributed by atoms with Crippen LogP contribution in [0.5, 0.6) is 5.75 Å². The van der Waals surface area contributed by atoms with E-state index in [1.807, 2.05) is 42.5 Å². The van der Waals surface area contributed by atoms with Gasteiger partial charge in [0.2, 0.25) is 0 Å². The zero-order valence-electron chi connectivity index (χ0n) is 22.1. The first-order chi connectivity index (χ1) is 18.7. The van der Waals surface area contributed by atoms with Gasteiger partial charge in [0, 0.05) is 18.7 Å². The molecule has 1 N–H and O–H groups in total. The van der Waals surface area contributed by atoms with Crippen LogP contribution in [0.4, 0.5) is 13.2 Å². The van der Waals surface area contributed by atoms with Gasteiger partial charge >= 0.3 is 18.1 Å². The monoisotopic (exact) mass is 543 g/mol. The largest absolute Gasteiger partial charge is 0.496 e. The molecule has 3 rings (SSSR count). The van der Waals surface area contributed by atoms with Crippen LogP contribution < -0.4 is 10.1 Å². The predicted molar refractivity (Wildman–Crippen MR) is 141 cm³/mol. The number of methoxy groups -OCH3 is 1. The normalized spacial score (nSPS) is 12.1. The molecule has 0 spiro atoms. The van der Waals surface area contributed by atoms with Crippen LogP contribution in [0.1, 0.15) is 48.4 Å². The van der Waals surface area contributed by atoms with Gasteiger partial charge in [0.05, 0.1) is 31.6 Å². The molecule has 208 valence electrons. The van der Waals surface area contributed by atoms with E-state index in [4.69, 9.17) is 14.2 Å². The smallest absolute Gasteiger partial charge is 0.416 e. The Balaban J connectivity index is 1.79. The average molecular weight is 544 g/mol. The van der Waals surface area contributed by atoms with Crippen LogP contribution in [0.25, 0.3) is 11.1 Å². The molecule has 0 bridgehead atoms. The summed E-state index contributed by atoms with van der Waals surface area (Å²) in [5, 5.41) is 3.19. The van der Waals surface area contributed by atoms with Crippen LogP contribution in [0.3, 0.4) is 0 Å². The maximum Gasteiger partial charge on any atom is 0.416 e. The van der Waals surface area contributed by atoms with Crippen LogP contribution in [0.2, 0.25) is 0 Å². The second kappa shape index (κ2) is 13.8. The number of carbonyl (C=O) groups is 2. The first-order valence-electron chi connectivity index (χ1n) is 12.6. The highest BCUT2D eigenvalue weighted by Crippen LogP contribution is 2.43. The van der Waals surface area contributed by atoms with E-state index in [0.29, 0.717) is 24.2 Å². The van der Waals surface area contributed by atoms with Gasteiger partial charge in [0.1, 0.15) is 12.4 Å². The Hall–Kier alpha value is -3.85. The fourth-order valence-corrected chi connectivity index (χ4v) is 4.13. The standard InChI is InChI=1S/C30H32F3NO5/c1-4-38-29(36)20(2)24-16-25(27(37-3)17-26(24)30(31,32)33)23-13-9-8-12-22(23)18-34-15-14-28(35)39-19-21-10-6-5-7-11-21/h5-13,16-17,20,34H,4,14-15,18-19H2,1-3H3. The van der Waals surface area contributed by atoms with Gasteiger partial charge in [-0.05, 0) is 48.2 Å². The van der Waals surface area contributed by atoms with E-state index in [2.05, 4.69) is 5.32 Å². The molecule has 0 saturated carbocycles. The van der Waals surface area contributed by atoms with E-state index in [1.165, 1.54) is 20.1 Å². The quantitative estimate of drug-likeness (QED) is 0.214. The maximum absolute atomic E-state index is 14.0. The van der Waals surface area contributed by atoms with Crippen molar-refractivity contribution in [2.24, 2.45) is 0 Å². The zero-order valence-corrected chi connectivity index (χ0v) is 22.1. The third-order valence-electron chi connectivity index (χ3n) is 6.16. The SMILES string of the molecule is CCOC(=O)C(C)c1cc(-c2ccccc2CNCCC(=O)OCc2ccccc2)c(OC)cc1C(F)(F)F. The number of rotatable bonds is 12. The van der Waals surface area contributed by atoms with Crippen molar-refractivity contribution < 1.29 is 37.0 Å². The Morgan fingerprint density at radius 1 is 0.949 bits per heavy atom. The van der Waals surface area contributed by atoms with Crippen molar-refractivity contribution in [2.45, 2.75) is 45.5 Å². The van der Waals surface area contributed by atoms with Crippen LogP contribution >= 0.6 is 0 Å². The number of hydrogen-bond donors (Lipinski definition) is 1. The molecule has 0 aliphatic heterocycles. The molecule has 6 nitrogen and oxygen atoms in total. The minimum Gasteiger partial charge on any atom is -0.496 e. The first kappa shape index (κ1) is 29.7. The number of hydrogen-bond acceptors (Lipinski definition) is 6. The predicted octanol–water partition coefficient (Wildman–Crippen LogP) is 6.27. The molecule has 3 aromatic rings. The van der Waals surface area contributed by atoms with Crippen molar-refractivity contribution in [3.8, 4) is 16.9 Å². The summed E-state index contributed by atoms with van der Waals surface area (Å²) in [4.78, 5) is 24.5. The highest BCUT2D eigenvalue weighted by Gasteiger charge is 2.37. The lowest BCUT2D eigenvalue weighted by Gasteiger charge is -2.22. The molecular weight excluding hydrogens is 511 g/mol. The third-order valence-corrected chi connectivity index (χ3v) is 6.16. The molecular formula is C30H32F3NO5. The highest BCUT2D eigenvalue weighted by atomic mass is 19.4. The van der Waals surface area contributed by atoms with Gasteiger partial charge in [-0.2, -0.15) is 13.2 Å². The summed E-state index contributed by atoms with van der Waals surface area (Å²) in [5.41, 5.74) is 1.59. The molecule has 0 aromatic heterocycles. The molecule has 0 aliphatic rings. The van der Waals surface area contributed by atoms with Gasteiger partial charge < -0.3 is 19.5 Å².